The largest absolute Gasteiger partial charge is 0.479 e. The summed E-state index contributed by atoms with van der Waals surface area (Å²) in [7, 11) is 1.37. The van der Waals surface area contributed by atoms with Crippen molar-refractivity contribution in [2.75, 3.05) is 26.1 Å². The van der Waals surface area contributed by atoms with E-state index in [4.69, 9.17) is 21.7 Å². The smallest absolute Gasteiger partial charge is 0.335 e. The van der Waals surface area contributed by atoms with Crippen LogP contribution >= 0.6 is 24.0 Å². The Kier molecular flexibility index (Phi) is 6.08. The van der Waals surface area contributed by atoms with Crippen molar-refractivity contribution in [3.8, 4) is 0 Å². The predicted molar refractivity (Wildman–Crippen MR) is 66.5 cm³/mol. The molecule has 0 spiro atoms. The van der Waals surface area contributed by atoms with Crippen molar-refractivity contribution >= 4 is 34.3 Å². The number of methoxy groups -OCH3 is 1. The Labute approximate surface area is 105 Å². The maximum absolute atomic E-state index is 11.4. The number of carbonyl (C=O) groups is 1. The lowest BCUT2D eigenvalue weighted by atomic mass is 10.0. The van der Waals surface area contributed by atoms with Crippen molar-refractivity contribution in [2.24, 2.45) is 5.92 Å². The number of ether oxygens (including phenoxy) is 3. The zero-order chi connectivity index (χ0) is 12.0. The van der Waals surface area contributed by atoms with E-state index in [1.54, 1.807) is 0 Å². The van der Waals surface area contributed by atoms with E-state index in [0.717, 1.165) is 12.2 Å². The first kappa shape index (κ1) is 13.7. The van der Waals surface area contributed by atoms with Crippen LogP contribution in [-0.4, -0.2) is 42.5 Å². The lowest BCUT2D eigenvalue weighted by molar-refractivity contribution is -0.152. The third-order valence-corrected chi connectivity index (χ3v) is 3.74. The van der Waals surface area contributed by atoms with Gasteiger partial charge in [0.2, 0.25) is 4.38 Å². The maximum atomic E-state index is 11.4. The number of carbonyl (C=O) groups excluding carboxylic acids is 1. The molecule has 1 aliphatic heterocycles. The number of esters is 1. The topological polar surface area (TPSA) is 44.8 Å². The molecule has 0 aliphatic carbocycles. The number of thiocarbonyl (C=S) groups is 1. The van der Waals surface area contributed by atoms with Gasteiger partial charge in [-0.1, -0.05) is 11.8 Å². The summed E-state index contributed by atoms with van der Waals surface area (Å²) in [6.07, 6.45) is 0.420. The molecule has 0 unspecified atom stereocenters. The normalized spacial score (nSPS) is 24.1. The number of thioether (sulfide) groups is 1. The average molecular weight is 264 g/mol. The first-order chi connectivity index (χ1) is 7.69. The summed E-state index contributed by atoms with van der Waals surface area (Å²) in [5, 5.41) is 0. The van der Waals surface area contributed by atoms with Crippen molar-refractivity contribution in [2.45, 2.75) is 19.4 Å². The highest BCUT2D eigenvalue weighted by atomic mass is 32.2. The highest BCUT2D eigenvalue weighted by Gasteiger charge is 2.35. The van der Waals surface area contributed by atoms with Gasteiger partial charge in [0.15, 0.2) is 6.10 Å². The van der Waals surface area contributed by atoms with Crippen molar-refractivity contribution in [3.63, 3.8) is 0 Å². The molecule has 1 rings (SSSR count). The van der Waals surface area contributed by atoms with E-state index >= 15 is 0 Å². The summed E-state index contributed by atoms with van der Waals surface area (Å²) in [6.45, 7) is 3.07. The molecule has 16 heavy (non-hydrogen) atoms. The molecule has 1 fully saturated rings. The highest BCUT2D eigenvalue weighted by molar-refractivity contribution is 8.22. The van der Waals surface area contributed by atoms with E-state index in [1.165, 1.54) is 18.9 Å². The van der Waals surface area contributed by atoms with Gasteiger partial charge in [0.25, 0.3) is 0 Å². The molecule has 1 aliphatic rings. The van der Waals surface area contributed by atoms with Gasteiger partial charge in [0, 0.05) is 18.3 Å². The molecule has 0 radical (unpaired) electrons. The minimum atomic E-state index is -0.443. The number of hydrogen-bond acceptors (Lipinski definition) is 6. The second kappa shape index (κ2) is 7.09. The third kappa shape index (κ3) is 3.92. The molecule has 0 aromatic rings. The van der Waals surface area contributed by atoms with Crippen LogP contribution in [-0.2, 0) is 19.0 Å². The van der Waals surface area contributed by atoms with Gasteiger partial charge in [0.05, 0.1) is 13.7 Å². The van der Waals surface area contributed by atoms with E-state index in [1.807, 2.05) is 6.92 Å². The van der Waals surface area contributed by atoms with Crippen LogP contribution in [0.2, 0.25) is 0 Å². The van der Waals surface area contributed by atoms with Gasteiger partial charge < -0.3 is 14.2 Å². The standard InChI is InChI=1S/C10H16O4S2/c1-3-13-10(15)16-6-7-4-5-14-8(7)9(11)12-2/h7-8H,3-6H2,1-2H3/t7-,8+/m1/s1. The second-order valence-corrected chi connectivity index (χ2v) is 4.98. The van der Waals surface area contributed by atoms with E-state index in [2.05, 4.69) is 4.74 Å². The quantitative estimate of drug-likeness (QED) is 0.568. The summed E-state index contributed by atoms with van der Waals surface area (Å²) >= 11 is 6.46. The van der Waals surface area contributed by atoms with Crippen molar-refractivity contribution in [1.82, 2.24) is 0 Å². The molecule has 0 amide bonds. The van der Waals surface area contributed by atoms with Crippen LogP contribution in [0.5, 0.6) is 0 Å². The number of rotatable bonds is 4. The van der Waals surface area contributed by atoms with Crippen LogP contribution in [0.3, 0.4) is 0 Å². The van der Waals surface area contributed by atoms with Gasteiger partial charge in [0.1, 0.15) is 0 Å². The Bertz CT molecular complexity index is 257. The van der Waals surface area contributed by atoms with Gasteiger partial charge in [-0.25, -0.2) is 4.79 Å². The lowest BCUT2D eigenvalue weighted by Crippen LogP contribution is -2.29. The Morgan fingerprint density at radius 3 is 3.00 bits per heavy atom. The Hall–Kier alpha value is -0.330. The lowest BCUT2D eigenvalue weighted by Gasteiger charge is -2.15. The molecule has 0 saturated carbocycles. The van der Waals surface area contributed by atoms with Crippen molar-refractivity contribution in [3.05, 3.63) is 0 Å². The van der Waals surface area contributed by atoms with Crippen LogP contribution in [0.25, 0.3) is 0 Å². The molecule has 92 valence electrons. The van der Waals surface area contributed by atoms with Crippen LogP contribution in [0, 0.1) is 5.92 Å². The molecule has 1 saturated heterocycles. The van der Waals surface area contributed by atoms with E-state index in [-0.39, 0.29) is 11.9 Å². The molecule has 1 heterocycles. The zero-order valence-corrected chi connectivity index (χ0v) is 11.1. The highest BCUT2D eigenvalue weighted by Crippen LogP contribution is 2.26. The average Bonchev–Trinajstić information content (AvgIpc) is 2.74. The van der Waals surface area contributed by atoms with Crippen molar-refractivity contribution in [1.29, 1.82) is 0 Å². The predicted octanol–water partition coefficient (Wildman–Crippen LogP) is 1.62. The zero-order valence-electron chi connectivity index (χ0n) is 9.43. The fraction of sp³-hybridized carbons (Fsp3) is 0.800. The molecular weight excluding hydrogens is 248 g/mol. The first-order valence-corrected chi connectivity index (χ1v) is 6.57. The summed E-state index contributed by atoms with van der Waals surface area (Å²) in [5.74, 6) is 0.597. The van der Waals surface area contributed by atoms with Gasteiger partial charge in [-0.15, -0.1) is 0 Å². The Morgan fingerprint density at radius 1 is 1.62 bits per heavy atom. The third-order valence-electron chi connectivity index (χ3n) is 2.33. The van der Waals surface area contributed by atoms with Crippen LogP contribution < -0.4 is 0 Å². The van der Waals surface area contributed by atoms with Gasteiger partial charge >= 0.3 is 5.97 Å². The molecular formula is C10H16O4S2. The van der Waals surface area contributed by atoms with Gasteiger partial charge in [-0.05, 0) is 25.6 Å². The van der Waals surface area contributed by atoms with Gasteiger partial charge in [-0.2, -0.15) is 0 Å². The maximum Gasteiger partial charge on any atom is 0.335 e. The van der Waals surface area contributed by atoms with Crippen LogP contribution in [0.1, 0.15) is 13.3 Å². The SMILES string of the molecule is CCOC(=S)SC[C@H]1CCO[C@@H]1C(=O)OC. The van der Waals surface area contributed by atoms with Crippen molar-refractivity contribution < 1.29 is 19.0 Å². The van der Waals surface area contributed by atoms with E-state index in [9.17, 15) is 4.79 Å². The van der Waals surface area contributed by atoms with E-state index < -0.39 is 6.10 Å². The molecule has 0 N–H and O–H groups in total. The molecule has 0 aromatic carbocycles. The van der Waals surface area contributed by atoms with Crippen LogP contribution in [0.15, 0.2) is 0 Å². The summed E-state index contributed by atoms with van der Waals surface area (Å²) < 4.78 is 15.7. The Morgan fingerprint density at radius 2 is 2.38 bits per heavy atom. The minimum Gasteiger partial charge on any atom is -0.479 e. The molecule has 0 aromatic heterocycles. The number of hydrogen-bond donors (Lipinski definition) is 0. The second-order valence-electron chi connectivity index (χ2n) is 3.36. The summed E-state index contributed by atoms with van der Waals surface area (Å²) in [6, 6.07) is 0. The molecule has 0 bridgehead atoms. The molecule has 6 heteroatoms. The first-order valence-electron chi connectivity index (χ1n) is 5.18. The minimum absolute atomic E-state index is 0.163. The van der Waals surface area contributed by atoms with E-state index in [0.29, 0.717) is 17.6 Å². The fourth-order valence-corrected chi connectivity index (χ4v) is 2.73. The summed E-state index contributed by atoms with van der Waals surface area (Å²) in [5.41, 5.74) is 0. The molecule has 2 atom stereocenters. The summed E-state index contributed by atoms with van der Waals surface area (Å²) in [4.78, 5) is 11.4. The monoisotopic (exact) mass is 264 g/mol. The van der Waals surface area contributed by atoms with Gasteiger partial charge in [-0.3, -0.25) is 0 Å². The van der Waals surface area contributed by atoms with Crippen LogP contribution in [0.4, 0.5) is 0 Å². The fourth-order valence-electron chi connectivity index (χ4n) is 1.52. The molecule has 4 nitrogen and oxygen atoms in total. The Balaban J connectivity index is 2.35.